The molecule has 0 amide bonds. The van der Waals surface area contributed by atoms with Crippen LogP contribution in [0.4, 0.5) is 17.1 Å². The first-order valence-corrected chi connectivity index (χ1v) is 16.7. The van der Waals surface area contributed by atoms with Gasteiger partial charge >= 0.3 is 0 Å². The van der Waals surface area contributed by atoms with Crippen molar-refractivity contribution in [2.75, 3.05) is 4.90 Å². The molecule has 230 valence electrons. The lowest BCUT2D eigenvalue weighted by molar-refractivity contribution is 0.672. The third kappa shape index (κ3) is 4.29. The molecule has 0 bridgehead atoms. The number of anilines is 3. The van der Waals surface area contributed by atoms with E-state index in [0.29, 0.717) is 0 Å². The lowest BCUT2D eigenvalue weighted by atomic mass is 10.0. The van der Waals surface area contributed by atoms with Crippen LogP contribution in [0.25, 0.3) is 71.3 Å². The van der Waals surface area contributed by atoms with Gasteiger partial charge in [-0.15, -0.1) is 0 Å². The zero-order valence-corrected chi connectivity index (χ0v) is 26.6. The largest absolute Gasteiger partial charge is 0.455 e. The monoisotopic (exact) mass is 626 g/mol. The zero-order chi connectivity index (χ0) is 32.3. The van der Waals surface area contributed by atoms with Crippen LogP contribution < -0.4 is 4.90 Å². The van der Waals surface area contributed by atoms with E-state index < -0.39 is 0 Å². The third-order valence-electron chi connectivity index (χ3n) is 9.76. The molecular weight excluding hydrogens is 597 g/mol. The quantitative estimate of drug-likeness (QED) is 0.190. The Hall–Kier alpha value is -6.58. The Morgan fingerprint density at radius 2 is 1.06 bits per heavy atom. The first kappa shape index (κ1) is 27.5. The van der Waals surface area contributed by atoms with Gasteiger partial charge in [0.1, 0.15) is 11.2 Å². The highest BCUT2D eigenvalue weighted by atomic mass is 16.3. The fraction of sp³-hybridized carbons (Fsp3) is 0. The SMILES string of the molecule is c1ccc(-c2cccc(N(c3ccccc3-n3c4ccccc4c4ccccc43)c3cccc4oc5c6ccccc6ccc5c34)c2)cc1. The molecule has 2 heterocycles. The summed E-state index contributed by atoms with van der Waals surface area (Å²) in [5, 5.41) is 6.94. The number of furan rings is 1. The number of hydrogen-bond donors (Lipinski definition) is 0. The molecule has 0 fully saturated rings. The molecule has 0 atom stereocenters. The fourth-order valence-corrected chi connectivity index (χ4v) is 7.61. The molecule has 8 aromatic carbocycles. The van der Waals surface area contributed by atoms with Crippen LogP contribution in [0.5, 0.6) is 0 Å². The van der Waals surface area contributed by atoms with Gasteiger partial charge in [-0.3, -0.25) is 0 Å². The summed E-state index contributed by atoms with van der Waals surface area (Å²) in [4.78, 5) is 2.41. The van der Waals surface area contributed by atoms with Crippen molar-refractivity contribution in [1.29, 1.82) is 0 Å². The molecule has 0 N–H and O–H groups in total. The second-order valence-electron chi connectivity index (χ2n) is 12.5. The van der Waals surface area contributed by atoms with E-state index in [-0.39, 0.29) is 0 Å². The minimum Gasteiger partial charge on any atom is -0.455 e. The molecule has 3 nitrogen and oxygen atoms in total. The first-order valence-electron chi connectivity index (χ1n) is 16.7. The second kappa shape index (κ2) is 11.0. The number of benzene rings is 8. The molecule has 3 heteroatoms. The second-order valence-corrected chi connectivity index (χ2v) is 12.5. The Bertz CT molecular complexity index is 2790. The van der Waals surface area contributed by atoms with Gasteiger partial charge in [-0.25, -0.2) is 0 Å². The number of aromatic nitrogens is 1. The molecule has 0 saturated heterocycles. The number of para-hydroxylation sites is 4. The van der Waals surface area contributed by atoms with Crippen molar-refractivity contribution in [3.05, 3.63) is 182 Å². The van der Waals surface area contributed by atoms with E-state index in [2.05, 4.69) is 191 Å². The van der Waals surface area contributed by atoms with E-state index in [1.165, 1.54) is 32.8 Å². The van der Waals surface area contributed by atoms with Crippen LogP contribution in [-0.4, -0.2) is 4.57 Å². The third-order valence-corrected chi connectivity index (χ3v) is 9.76. The predicted octanol–water partition coefficient (Wildman–Crippen LogP) is 13.0. The summed E-state index contributed by atoms with van der Waals surface area (Å²) in [5.41, 5.74) is 10.8. The van der Waals surface area contributed by atoms with Crippen molar-refractivity contribution >= 4 is 71.6 Å². The lowest BCUT2D eigenvalue weighted by Gasteiger charge is -2.29. The van der Waals surface area contributed by atoms with Gasteiger partial charge in [0.2, 0.25) is 0 Å². The van der Waals surface area contributed by atoms with Crippen LogP contribution in [0.15, 0.2) is 186 Å². The van der Waals surface area contributed by atoms with Crippen LogP contribution in [0.1, 0.15) is 0 Å². The van der Waals surface area contributed by atoms with Crippen molar-refractivity contribution < 1.29 is 4.42 Å². The molecule has 0 aliphatic heterocycles. The van der Waals surface area contributed by atoms with Gasteiger partial charge in [0, 0.05) is 27.2 Å². The summed E-state index contributed by atoms with van der Waals surface area (Å²) in [5.74, 6) is 0. The van der Waals surface area contributed by atoms with E-state index in [4.69, 9.17) is 4.42 Å². The van der Waals surface area contributed by atoms with Gasteiger partial charge in [-0.05, 0) is 71.1 Å². The van der Waals surface area contributed by atoms with Gasteiger partial charge < -0.3 is 13.9 Å². The summed E-state index contributed by atoms with van der Waals surface area (Å²) < 4.78 is 9.12. The maximum atomic E-state index is 6.71. The van der Waals surface area contributed by atoms with Crippen LogP contribution in [0, 0.1) is 0 Å². The minimum atomic E-state index is 0.863. The first-order chi connectivity index (χ1) is 24.3. The van der Waals surface area contributed by atoms with Crippen molar-refractivity contribution in [1.82, 2.24) is 4.57 Å². The maximum absolute atomic E-state index is 6.71. The number of rotatable bonds is 5. The molecule has 49 heavy (non-hydrogen) atoms. The van der Waals surface area contributed by atoms with Crippen molar-refractivity contribution in [3.8, 4) is 16.8 Å². The molecule has 2 aromatic heterocycles. The van der Waals surface area contributed by atoms with Crippen LogP contribution in [0.2, 0.25) is 0 Å². The summed E-state index contributed by atoms with van der Waals surface area (Å²) in [7, 11) is 0. The van der Waals surface area contributed by atoms with Gasteiger partial charge in [0.25, 0.3) is 0 Å². The Labute approximate surface area is 283 Å². The normalized spacial score (nSPS) is 11.7. The van der Waals surface area contributed by atoms with Gasteiger partial charge in [-0.1, -0.05) is 127 Å². The lowest BCUT2D eigenvalue weighted by Crippen LogP contribution is -2.13. The van der Waals surface area contributed by atoms with E-state index in [1.807, 2.05) is 0 Å². The van der Waals surface area contributed by atoms with E-state index in [9.17, 15) is 0 Å². The van der Waals surface area contributed by atoms with E-state index in [0.717, 1.165) is 55.6 Å². The summed E-state index contributed by atoms with van der Waals surface area (Å²) in [6, 6.07) is 64.9. The number of nitrogens with zero attached hydrogens (tertiary/aromatic N) is 2. The predicted molar refractivity (Wildman–Crippen MR) is 206 cm³/mol. The van der Waals surface area contributed by atoms with Crippen LogP contribution in [0.3, 0.4) is 0 Å². The average Bonchev–Trinajstić information content (AvgIpc) is 3.73. The number of fused-ring (bicyclic) bond motifs is 8. The van der Waals surface area contributed by atoms with Crippen molar-refractivity contribution in [3.63, 3.8) is 0 Å². The molecule has 0 saturated carbocycles. The van der Waals surface area contributed by atoms with Gasteiger partial charge in [0.05, 0.1) is 33.5 Å². The Morgan fingerprint density at radius 1 is 0.429 bits per heavy atom. The molecule has 0 aliphatic carbocycles. The molecule has 10 rings (SSSR count). The minimum absolute atomic E-state index is 0.863. The van der Waals surface area contributed by atoms with Crippen LogP contribution in [-0.2, 0) is 0 Å². The fourth-order valence-electron chi connectivity index (χ4n) is 7.61. The molecular formula is C46H30N2O. The van der Waals surface area contributed by atoms with Crippen LogP contribution >= 0.6 is 0 Å². The zero-order valence-electron chi connectivity index (χ0n) is 26.6. The van der Waals surface area contributed by atoms with Gasteiger partial charge in [0.15, 0.2) is 0 Å². The van der Waals surface area contributed by atoms with E-state index in [1.54, 1.807) is 0 Å². The highest BCUT2D eigenvalue weighted by molar-refractivity contribution is 6.20. The average molecular weight is 627 g/mol. The molecule has 0 aliphatic rings. The summed E-state index contributed by atoms with van der Waals surface area (Å²) >= 11 is 0. The Morgan fingerprint density at radius 3 is 1.88 bits per heavy atom. The molecule has 0 spiro atoms. The van der Waals surface area contributed by atoms with Crippen molar-refractivity contribution in [2.24, 2.45) is 0 Å². The van der Waals surface area contributed by atoms with Gasteiger partial charge in [-0.2, -0.15) is 0 Å². The molecule has 10 aromatic rings. The summed E-state index contributed by atoms with van der Waals surface area (Å²) in [6.45, 7) is 0. The highest BCUT2D eigenvalue weighted by Gasteiger charge is 2.24. The van der Waals surface area contributed by atoms with Crippen molar-refractivity contribution in [2.45, 2.75) is 0 Å². The topological polar surface area (TPSA) is 21.3 Å². The maximum Gasteiger partial charge on any atom is 0.143 e. The number of hydrogen-bond acceptors (Lipinski definition) is 2. The summed E-state index contributed by atoms with van der Waals surface area (Å²) in [6.07, 6.45) is 0. The standard InChI is InChI=1S/C46H30N2O/c1-2-14-31(15-3-1)33-17-12-18-34(30-33)47(43-26-13-27-44-45(43)38-29-28-32-16-4-5-19-35(32)46(38)49-44)41-24-10-11-25-42(41)48-39-22-8-6-20-36(39)37-21-7-9-23-40(37)48/h1-30H. The Balaban J connectivity index is 1.31. The molecule has 0 radical (unpaired) electrons. The van der Waals surface area contributed by atoms with E-state index >= 15 is 0 Å². The smallest absolute Gasteiger partial charge is 0.143 e. The highest BCUT2D eigenvalue weighted by Crippen LogP contribution is 2.47. The molecule has 0 unspecified atom stereocenters. The Kier molecular flexibility index (Phi) is 6.18.